The number of alkyl carbamates (subject to hydrolysis) is 1. The fourth-order valence-corrected chi connectivity index (χ4v) is 1.78. The van der Waals surface area contributed by atoms with Crippen LogP contribution in [0, 0.1) is 0 Å². The molecule has 1 heterocycles. The Hall–Kier alpha value is -2.35. The smallest absolute Gasteiger partial charge is 0.408 e. The highest BCUT2D eigenvalue weighted by Crippen LogP contribution is 2.09. The van der Waals surface area contributed by atoms with Crippen LogP contribution < -0.4 is 10.6 Å². The molecule has 0 radical (unpaired) electrons. The summed E-state index contributed by atoms with van der Waals surface area (Å²) in [6.07, 6.45) is 4.35. The van der Waals surface area contributed by atoms with Gasteiger partial charge in [-0.1, -0.05) is 25.5 Å². The van der Waals surface area contributed by atoms with Gasteiger partial charge in [0.1, 0.15) is 11.4 Å². The van der Waals surface area contributed by atoms with E-state index in [2.05, 4.69) is 20.8 Å². The van der Waals surface area contributed by atoms with Crippen LogP contribution in [0.5, 0.6) is 0 Å². The molecule has 0 spiro atoms. The van der Waals surface area contributed by atoms with Gasteiger partial charge in [-0.2, -0.15) is 5.10 Å². The number of aromatic amines is 1. The summed E-state index contributed by atoms with van der Waals surface area (Å²) in [5.41, 5.74) is -0.676. The Labute approximate surface area is 141 Å². The maximum Gasteiger partial charge on any atom is 0.408 e. The lowest BCUT2D eigenvalue weighted by Crippen LogP contribution is -2.49. The van der Waals surface area contributed by atoms with E-state index in [1.54, 1.807) is 39.0 Å². The highest BCUT2D eigenvalue weighted by atomic mass is 16.6. The van der Waals surface area contributed by atoms with Gasteiger partial charge >= 0.3 is 6.09 Å². The van der Waals surface area contributed by atoms with E-state index in [1.807, 2.05) is 6.92 Å². The average Bonchev–Trinajstić information content (AvgIpc) is 2.96. The standard InChI is InChI=1S/C16H26N4O4/c1-5-6-7-8-11(18-15(23)24-16(2,3)4)13(21)14(22)19-12-9-10-17-20-12/h7-11,13,21H,5-6H2,1-4H3,(H,18,23)(H2,17,19,20,22)/b8-7+/t11?,13-/m0/s1. The Morgan fingerprint density at radius 2 is 2.17 bits per heavy atom. The Kier molecular flexibility index (Phi) is 7.44. The van der Waals surface area contributed by atoms with Gasteiger partial charge < -0.3 is 20.5 Å². The van der Waals surface area contributed by atoms with Crippen molar-refractivity contribution >= 4 is 17.8 Å². The molecule has 1 unspecified atom stereocenters. The summed E-state index contributed by atoms with van der Waals surface area (Å²) in [4.78, 5) is 24.0. The van der Waals surface area contributed by atoms with Crippen LogP contribution in [0.3, 0.4) is 0 Å². The van der Waals surface area contributed by atoms with E-state index in [-0.39, 0.29) is 0 Å². The summed E-state index contributed by atoms with van der Waals surface area (Å²) < 4.78 is 5.17. The largest absolute Gasteiger partial charge is 0.444 e. The number of carbonyl (C=O) groups excluding carboxylic acids is 2. The Morgan fingerprint density at radius 1 is 1.46 bits per heavy atom. The van der Waals surface area contributed by atoms with Crippen molar-refractivity contribution < 1.29 is 19.4 Å². The number of hydrogen-bond acceptors (Lipinski definition) is 5. The number of rotatable bonds is 7. The van der Waals surface area contributed by atoms with Crippen LogP contribution in [0.25, 0.3) is 0 Å². The number of carbonyl (C=O) groups is 2. The molecule has 1 aromatic heterocycles. The van der Waals surface area contributed by atoms with Crippen molar-refractivity contribution in [3.8, 4) is 0 Å². The molecule has 134 valence electrons. The average molecular weight is 338 g/mol. The molecular formula is C16H26N4O4. The van der Waals surface area contributed by atoms with Gasteiger partial charge in [-0.05, 0) is 27.2 Å². The first-order valence-corrected chi connectivity index (χ1v) is 7.87. The van der Waals surface area contributed by atoms with Crippen molar-refractivity contribution in [3.05, 3.63) is 24.4 Å². The third-order valence-electron chi connectivity index (χ3n) is 2.85. The molecule has 8 heteroatoms. The van der Waals surface area contributed by atoms with Crippen LogP contribution in [0.15, 0.2) is 24.4 Å². The minimum atomic E-state index is -1.48. The Morgan fingerprint density at radius 3 is 2.71 bits per heavy atom. The minimum Gasteiger partial charge on any atom is -0.444 e. The van der Waals surface area contributed by atoms with Gasteiger partial charge in [0, 0.05) is 6.07 Å². The quantitative estimate of drug-likeness (QED) is 0.567. The molecule has 1 aromatic rings. The molecule has 0 bridgehead atoms. The normalized spacial score (nSPS) is 14.2. The number of aromatic nitrogens is 2. The van der Waals surface area contributed by atoms with E-state index in [4.69, 9.17) is 4.74 Å². The number of H-pyrrole nitrogens is 1. The molecule has 0 aliphatic heterocycles. The van der Waals surface area contributed by atoms with Crippen molar-refractivity contribution in [2.75, 3.05) is 5.32 Å². The number of ether oxygens (including phenoxy) is 1. The van der Waals surface area contributed by atoms with E-state index in [0.29, 0.717) is 5.82 Å². The van der Waals surface area contributed by atoms with Crippen molar-refractivity contribution in [1.82, 2.24) is 15.5 Å². The van der Waals surface area contributed by atoms with Gasteiger partial charge in [0.15, 0.2) is 6.10 Å². The molecule has 2 amide bonds. The topological polar surface area (TPSA) is 116 Å². The number of aliphatic hydroxyl groups is 1. The van der Waals surface area contributed by atoms with Crippen LogP contribution in [0.2, 0.25) is 0 Å². The van der Waals surface area contributed by atoms with Crippen LogP contribution in [0.4, 0.5) is 10.6 Å². The van der Waals surface area contributed by atoms with E-state index in [0.717, 1.165) is 12.8 Å². The summed E-state index contributed by atoms with van der Waals surface area (Å²) in [5.74, 6) is -0.311. The zero-order valence-corrected chi connectivity index (χ0v) is 14.5. The number of hydrogen-bond donors (Lipinski definition) is 4. The Balaban J connectivity index is 2.75. The zero-order chi connectivity index (χ0) is 18.2. The summed E-state index contributed by atoms with van der Waals surface area (Å²) in [7, 11) is 0. The van der Waals surface area contributed by atoms with Crippen LogP contribution in [0.1, 0.15) is 40.5 Å². The molecular weight excluding hydrogens is 312 g/mol. The molecule has 0 fully saturated rings. The van der Waals surface area contributed by atoms with E-state index in [1.165, 1.54) is 6.20 Å². The summed E-state index contributed by atoms with van der Waals surface area (Å²) in [6.45, 7) is 7.20. The number of nitrogens with one attached hydrogen (secondary N) is 3. The van der Waals surface area contributed by atoms with E-state index >= 15 is 0 Å². The van der Waals surface area contributed by atoms with Crippen LogP contribution in [-0.4, -0.2) is 45.1 Å². The lowest BCUT2D eigenvalue weighted by Gasteiger charge is -2.24. The fourth-order valence-electron chi connectivity index (χ4n) is 1.78. The molecule has 0 aliphatic rings. The van der Waals surface area contributed by atoms with Gasteiger partial charge in [-0.3, -0.25) is 9.89 Å². The second-order valence-electron chi connectivity index (χ2n) is 6.29. The predicted molar refractivity (Wildman–Crippen MR) is 90.4 cm³/mol. The molecule has 4 N–H and O–H groups in total. The molecule has 0 aliphatic carbocycles. The molecule has 1 rings (SSSR count). The summed E-state index contributed by atoms with van der Waals surface area (Å²) in [5, 5.41) is 21.5. The van der Waals surface area contributed by atoms with Gasteiger partial charge in [-0.25, -0.2) is 4.79 Å². The Bertz CT molecular complexity index is 549. The first-order chi connectivity index (χ1) is 11.2. The maximum absolute atomic E-state index is 12.1. The number of aliphatic hydroxyl groups excluding tert-OH is 1. The van der Waals surface area contributed by atoms with Crippen molar-refractivity contribution in [2.45, 2.75) is 58.3 Å². The third-order valence-corrected chi connectivity index (χ3v) is 2.85. The second kappa shape index (κ2) is 9.07. The number of nitrogens with zero attached hydrogens (tertiary/aromatic N) is 1. The van der Waals surface area contributed by atoms with Crippen molar-refractivity contribution in [1.29, 1.82) is 0 Å². The molecule has 0 saturated heterocycles. The van der Waals surface area contributed by atoms with Crippen LogP contribution >= 0.6 is 0 Å². The van der Waals surface area contributed by atoms with Crippen molar-refractivity contribution in [3.63, 3.8) is 0 Å². The van der Waals surface area contributed by atoms with Gasteiger partial charge in [0.2, 0.25) is 0 Å². The monoisotopic (exact) mass is 338 g/mol. The number of allylic oxidation sites excluding steroid dienone is 1. The minimum absolute atomic E-state index is 0.354. The highest BCUT2D eigenvalue weighted by Gasteiger charge is 2.28. The first-order valence-electron chi connectivity index (χ1n) is 7.87. The van der Waals surface area contributed by atoms with E-state index in [9.17, 15) is 14.7 Å². The van der Waals surface area contributed by atoms with Crippen molar-refractivity contribution in [2.24, 2.45) is 0 Å². The number of anilines is 1. The molecule has 24 heavy (non-hydrogen) atoms. The maximum atomic E-state index is 12.1. The lowest BCUT2D eigenvalue weighted by atomic mass is 10.1. The van der Waals surface area contributed by atoms with Crippen LogP contribution in [-0.2, 0) is 9.53 Å². The number of unbranched alkanes of at least 4 members (excludes halogenated alkanes) is 1. The molecule has 0 saturated carbocycles. The zero-order valence-electron chi connectivity index (χ0n) is 14.5. The predicted octanol–water partition coefficient (Wildman–Crippen LogP) is 1.96. The molecule has 2 atom stereocenters. The van der Waals surface area contributed by atoms with E-state index < -0.39 is 29.7 Å². The molecule has 0 aromatic carbocycles. The lowest BCUT2D eigenvalue weighted by molar-refractivity contribution is -0.124. The van der Waals surface area contributed by atoms with Gasteiger partial charge in [0.05, 0.1) is 12.2 Å². The van der Waals surface area contributed by atoms with Gasteiger partial charge in [-0.15, -0.1) is 0 Å². The fraction of sp³-hybridized carbons (Fsp3) is 0.562. The summed E-state index contributed by atoms with van der Waals surface area (Å²) >= 11 is 0. The second-order valence-corrected chi connectivity index (χ2v) is 6.29. The third kappa shape index (κ3) is 7.28. The molecule has 8 nitrogen and oxygen atoms in total. The number of amides is 2. The highest BCUT2D eigenvalue weighted by molar-refractivity contribution is 5.94. The first kappa shape index (κ1) is 19.7. The SMILES string of the molecule is CCC/C=C/C(NC(=O)OC(C)(C)C)[C@H](O)C(=O)Nc1ccn[nH]1. The van der Waals surface area contributed by atoms with Gasteiger partial charge in [0.25, 0.3) is 5.91 Å². The summed E-state index contributed by atoms with van der Waals surface area (Å²) in [6, 6.07) is 0.641.